The fourth-order valence-electron chi connectivity index (χ4n) is 2.91. The Morgan fingerprint density at radius 1 is 0.862 bits per heavy atom. The number of hydrogen-bond donors (Lipinski definition) is 1. The zero-order valence-electron chi connectivity index (χ0n) is 14.7. The van der Waals surface area contributed by atoms with Crippen molar-refractivity contribution in [2.45, 2.75) is 6.18 Å². The lowest BCUT2D eigenvalue weighted by molar-refractivity contribution is -0.154. The first kappa shape index (κ1) is 18.6. The van der Waals surface area contributed by atoms with Gasteiger partial charge in [-0.2, -0.15) is 13.2 Å². The second-order valence-corrected chi connectivity index (χ2v) is 6.26. The molecule has 0 bridgehead atoms. The molecule has 0 saturated heterocycles. The molecular weight excluding hydrogens is 385 g/mol. The third-order valence-electron chi connectivity index (χ3n) is 4.27. The fraction of sp³-hybridized carbons (Fsp3) is 0.0455. The molecule has 0 spiro atoms. The summed E-state index contributed by atoms with van der Waals surface area (Å²) in [4.78, 5) is 12.6. The predicted molar refractivity (Wildman–Crippen MR) is 101 cm³/mol. The van der Waals surface area contributed by atoms with E-state index >= 15 is 0 Å². The normalized spacial score (nSPS) is 11.6. The molecule has 4 aromatic rings. The van der Waals surface area contributed by atoms with Gasteiger partial charge in [-0.25, -0.2) is 0 Å². The van der Waals surface area contributed by atoms with Crippen molar-refractivity contribution < 1.29 is 27.4 Å². The quantitative estimate of drug-likeness (QED) is 0.461. The molecule has 0 radical (unpaired) electrons. The lowest BCUT2D eigenvalue weighted by atomic mass is 10.1. The number of fused-ring (bicyclic) bond motifs is 1. The van der Waals surface area contributed by atoms with E-state index in [0.29, 0.717) is 0 Å². The van der Waals surface area contributed by atoms with E-state index in [4.69, 9.17) is 9.15 Å². The summed E-state index contributed by atoms with van der Waals surface area (Å²) >= 11 is 0. The van der Waals surface area contributed by atoms with Crippen molar-refractivity contribution >= 4 is 11.0 Å². The average molecular weight is 398 g/mol. The molecule has 0 aliphatic heterocycles. The number of alkyl halides is 3. The molecule has 7 heteroatoms. The van der Waals surface area contributed by atoms with Crippen LogP contribution < -0.4 is 10.2 Å². The Morgan fingerprint density at radius 3 is 2.17 bits per heavy atom. The van der Waals surface area contributed by atoms with Gasteiger partial charge in [0.1, 0.15) is 17.1 Å². The molecule has 0 amide bonds. The monoisotopic (exact) mass is 398 g/mol. The number of benzene rings is 3. The minimum Gasteiger partial charge on any atom is -0.508 e. The number of ether oxygens (including phenoxy) is 1. The number of halogens is 3. The Bertz CT molecular complexity index is 1230. The van der Waals surface area contributed by atoms with E-state index in [1.165, 1.54) is 24.3 Å². The topological polar surface area (TPSA) is 59.7 Å². The number of phenols is 1. The highest BCUT2D eigenvalue weighted by Crippen LogP contribution is 2.38. The SMILES string of the molecule is O=c1c(Oc2ccc(-c3ccccc3)cc2)c(C(F)(F)F)oc2cc(O)ccc12. The van der Waals surface area contributed by atoms with E-state index in [1.54, 1.807) is 12.1 Å². The molecule has 0 atom stereocenters. The van der Waals surface area contributed by atoms with Crippen LogP contribution in [0.3, 0.4) is 0 Å². The van der Waals surface area contributed by atoms with Gasteiger partial charge in [-0.1, -0.05) is 42.5 Å². The number of aromatic hydroxyl groups is 1. The highest BCUT2D eigenvalue weighted by Gasteiger charge is 2.40. The largest absolute Gasteiger partial charge is 0.508 e. The van der Waals surface area contributed by atoms with Gasteiger partial charge in [-0.05, 0) is 35.4 Å². The van der Waals surface area contributed by atoms with Gasteiger partial charge in [-0.15, -0.1) is 0 Å². The summed E-state index contributed by atoms with van der Waals surface area (Å²) in [5.41, 5.74) is 0.412. The standard InChI is InChI=1S/C22H13F3O4/c23-22(24,25)21-20(19(27)17-11-8-15(26)12-18(17)29-21)28-16-9-6-14(7-10-16)13-4-2-1-3-5-13/h1-12,26H. The van der Waals surface area contributed by atoms with E-state index in [-0.39, 0.29) is 22.5 Å². The Labute approximate surface area is 162 Å². The molecule has 146 valence electrons. The van der Waals surface area contributed by atoms with Crippen LogP contribution in [0.15, 0.2) is 82.0 Å². The van der Waals surface area contributed by atoms with Crippen LogP contribution in [0.4, 0.5) is 13.2 Å². The van der Waals surface area contributed by atoms with Gasteiger partial charge in [0.25, 0.3) is 5.76 Å². The number of phenolic OH excluding ortho intramolecular Hbond substituents is 1. The molecule has 29 heavy (non-hydrogen) atoms. The second kappa shape index (κ2) is 7.01. The smallest absolute Gasteiger partial charge is 0.453 e. The van der Waals surface area contributed by atoms with Crippen molar-refractivity contribution in [2.75, 3.05) is 0 Å². The van der Waals surface area contributed by atoms with Gasteiger partial charge < -0.3 is 14.3 Å². The maximum atomic E-state index is 13.5. The first-order chi connectivity index (χ1) is 13.8. The third-order valence-corrected chi connectivity index (χ3v) is 4.27. The van der Waals surface area contributed by atoms with Crippen molar-refractivity contribution in [1.82, 2.24) is 0 Å². The summed E-state index contributed by atoms with van der Waals surface area (Å²) in [6, 6.07) is 19.0. The van der Waals surface area contributed by atoms with Gasteiger partial charge in [-0.3, -0.25) is 4.79 Å². The molecule has 0 aliphatic carbocycles. The van der Waals surface area contributed by atoms with Crippen LogP contribution in [0.5, 0.6) is 17.2 Å². The summed E-state index contributed by atoms with van der Waals surface area (Å²) in [5.74, 6) is -2.78. The molecule has 3 aromatic carbocycles. The molecule has 4 rings (SSSR count). The summed E-state index contributed by atoms with van der Waals surface area (Å²) in [6.45, 7) is 0. The van der Waals surface area contributed by atoms with Gasteiger partial charge in [0.15, 0.2) is 0 Å². The number of hydrogen-bond acceptors (Lipinski definition) is 4. The first-order valence-electron chi connectivity index (χ1n) is 8.53. The fourth-order valence-corrected chi connectivity index (χ4v) is 2.91. The molecular formula is C22H13F3O4. The summed E-state index contributed by atoms with van der Waals surface area (Å²) in [6.07, 6.45) is -4.96. The predicted octanol–water partition coefficient (Wildman–Crippen LogP) is 5.98. The third kappa shape index (κ3) is 3.67. The van der Waals surface area contributed by atoms with Crippen molar-refractivity contribution in [3.05, 3.63) is 88.8 Å². The Hall–Kier alpha value is -3.74. The maximum Gasteiger partial charge on any atom is 0.453 e. The van der Waals surface area contributed by atoms with Gasteiger partial charge in [0.05, 0.1) is 5.39 Å². The highest BCUT2D eigenvalue weighted by atomic mass is 19.4. The molecule has 0 aliphatic rings. The van der Waals surface area contributed by atoms with E-state index in [2.05, 4.69) is 0 Å². The van der Waals surface area contributed by atoms with Crippen LogP contribution in [0.25, 0.3) is 22.1 Å². The first-order valence-corrected chi connectivity index (χ1v) is 8.53. The average Bonchev–Trinajstić information content (AvgIpc) is 2.70. The van der Waals surface area contributed by atoms with Crippen molar-refractivity contribution in [3.8, 4) is 28.4 Å². The van der Waals surface area contributed by atoms with Gasteiger partial charge in [0.2, 0.25) is 11.2 Å². The minimum absolute atomic E-state index is 0.0561. The maximum absolute atomic E-state index is 13.5. The lowest BCUT2D eigenvalue weighted by Gasteiger charge is -2.13. The minimum atomic E-state index is -4.96. The number of rotatable bonds is 3. The zero-order chi connectivity index (χ0) is 20.6. The summed E-state index contributed by atoms with van der Waals surface area (Å²) in [7, 11) is 0. The van der Waals surface area contributed by atoms with Crippen molar-refractivity contribution in [2.24, 2.45) is 0 Å². The Balaban J connectivity index is 1.78. The second-order valence-electron chi connectivity index (χ2n) is 6.26. The van der Waals surface area contributed by atoms with E-state index in [1.807, 2.05) is 30.3 Å². The van der Waals surface area contributed by atoms with Crippen LogP contribution in [0, 0.1) is 0 Å². The van der Waals surface area contributed by atoms with Crippen LogP contribution in [0.2, 0.25) is 0 Å². The van der Waals surface area contributed by atoms with E-state index < -0.39 is 23.1 Å². The van der Waals surface area contributed by atoms with Crippen molar-refractivity contribution in [1.29, 1.82) is 0 Å². The molecule has 1 N–H and O–H groups in total. The summed E-state index contributed by atoms with van der Waals surface area (Å²) < 4.78 is 50.6. The van der Waals surface area contributed by atoms with Crippen LogP contribution in [-0.2, 0) is 6.18 Å². The van der Waals surface area contributed by atoms with Gasteiger partial charge >= 0.3 is 6.18 Å². The molecule has 0 saturated carbocycles. The Morgan fingerprint density at radius 2 is 1.52 bits per heavy atom. The molecule has 1 aromatic heterocycles. The molecule has 0 unspecified atom stereocenters. The van der Waals surface area contributed by atoms with Crippen LogP contribution in [0.1, 0.15) is 5.76 Å². The van der Waals surface area contributed by atoms with Crippen molar-refractivity contribution in [3.63, 3.8) is 0 Å². The molecule has 4 nitrogen and oxygen atoms in total. The summed E-state index contributed by atoms with van der Waals surface area (Å²) in [5, 5.41) is 9.33. The van der Waals surface area contributed by atoms with E-state index in [0.717, 1.165) is 17.2 Å². The van der Waals surface area contributed by atoms with Gasteiger partial charge in [0, 0.05) is 6.07 Å². The Kier molecular flexibility index (Phi) is 4.50. The lowest BCUT2D eigenvalue weighted by Crippen LogP contribution is -2.15. The van der Waals surface area contributed by atoms with Crippen LogP contribution >= 0.6 is 0 Å². The zero-order valence-corrected chi connectivity index (χ0v) is 14.7. The molecule has 1 heterocycles. The van der Waals surface area contributed by atoms with E-state index in [9.17, 15) is 23.1 Å². The highest BCUT2D eigenvalue weighted by molar-refractivity contribution is 5.79. The van der Waals surface area contributed by atoms with Crippen LogP contribution in [-0.4, -0.2) is 5.11 Å². The molecule has 0 fully saturated rings.